The van der Waals surface area contributed by atoms with Crippen LogP contribution in [0.3, 0.4) is 0 Å². The second-order valence-electron chi connectivity index (χ2n) is 7.42. The summed E-state index contributed by atoms with van der Waals surface area (Å²) in [5, 5.41) is 11.0. The topological polar surface area (TPSA) is 66.8 Å². The van der Waals surface area contributed by atoms with E-state index < -0.39 is 23.5 Å². The lowest BCUT2D eigenvalue weighted by atomic mass is 9.94. The van der Waals surface area contributed by atoms with Crippen LogP contribution in [0.15, 0.2) is 54.1 Å². The number of Topliss-reactive ketones (excluding diaryl/α,β-unsaturated/α-hetero) is 1. The van der Waals surface area contributed by atoms with E-state index in [1.165, 1.54) is 19.2 Å². The average molecular weight is 395 g/mol. The van der Waals surface area contributed by atoms with Gasteiger partial charge < -0.3 is 14.7 Å². The summed E-state index contributed by atoms with van der Waals surface area (Å²) in [6.45, 7) is 0. The van der Waals surface area contributed by atoms with E-state index in [0.29, 0.717) is 16.9 Å². The van der Waals surface area contributed by atoms with Crippen molar-refractivity contribution in [2.75, 3.05) is 7.11 Å². The minimum atomic E-state index is -0.735. The lowest BCUT2D eigenvalue weighted by Gasteiger charge is -2.30. The van der Waals surface area contributed by atoms with E-state index in [0.717, 1.165) is 25.7 Å². The predicted molar refractivity (Wildman–Crippen MR) is 106 cm³/mol. The molecule has 1 unspecified atom stereocenters. The number of hydrogen-bond donors (Lipinski definition) is 1. The third kappa shape index (κ3) is 3.39. The van der Waals surface area contributed by atoms with Crippen LogP contribution in [0.5, 0.6) is 5.75 Å². The zero-order chi connectivity index (χ0) is 20.5. The molecule has 2 aliphatic rings. The van der Waals surface area contributed by atoms with Crippen molar-refractivity contribution < 1.29 is 23.8 Å². The second kappa shape index (κ2) is 7.70. The Balaban J connectivity index is 1.85. The molecule has 5 nitrogen and oxygen atoms in total. The van der Waals surface area contributed by atoms with Crippen LogP contribution in [-0.4, -0.2) is 34.8 Å². The average Bonchev–Trinajstić information content (AvgIpc) is 3.35. The number of ether oxygens (including phenoxy) is 1. The van der Waals surface area contributed by atoms with E-state index >= 15 is 0 Å². The first kappa shape index (κ1) is 19.2. The number of amides is 1. The molecule has 1 N–H and O–H groups in total. The third-order valence-electron chi connectivity index (χ3n) is 5.75. The molecule has 2 aromatic rings. The number of hydrogen-bond acceptors (Lipinski definition) is 4. The number of likely N-dealkylation sites (tertiary alicyclic amines) is 1. The van der Waals surface area contributed by atoms with Crippen molar-refractivity contribution >= 4 is 17.4 Å². The van der Waals surface area contributed by atoms with Crippen LogP contribution in [0, 0.1) is 5.82 Å². The number of rotatable bonds is 4. The van der Waals surface area contributed by atoms with Crippen LogP contribution in [0.4, 0.5) is 4.39 Å². The molecular weight excluding hydrogens is 373 g/mol. The van der Waals surface area contributed by atoms with Crippen LogP contribution in [0.1, 0.15) is 42.9 Å². The molecule has 29 heavy (non-hydrogen) atoms. The van der Waals surface area contributed by atoms with Crippen LogP contribution in [-0.2, 0) is 9.59 Å². The molecule has 2 aromatic carbocycles. The van der Waals surface area contributed by atoms with Gasteiger partial charge in [0.05, 0.1) is 18.7 Å². The van der Waals surface area contributed by atoms with Crippen LogP contribution < -0.4 is 4.74 Å². The van der Waals surface area contributed by atoms with E-state index in [4.69, 9.17) is 4.74 Å². The minimum Gasteiger partial charge on any atom is -0.507 e. The lowest BCUT2D eigenvalue weighted by Crippen LogP contribution is -2.37. The van der Waals surface area contributed by atoms with Crippen LogP contribution in [0.25, 0.3) is 5.76 Å². The van der Waals surface area contributed by atoms with Crippen molar-refractivity contribution in [2.24, 2.45) is 0 Å². The highest BCUT2D eigenvalue weighted by molar-refractivity contribution is 6.46. The van der Waals surface area contributed by atoms with Crippen molar-refractivity contribution in [1.82, 2.24) is 4.90 Å². The Morgan fingerprint density at radius 1 is 1.03 bits per heavy atom. The molecule has 1 aliphatic carbocycles. The first-order chi connectivity index (χ1) is 14.0. The highest BCUT2D eigenvalue weighted by atomic mass is 19.1. The Morgan fingerprint density at radius 2 is 1.66 bits per heavy atom. The fourth-order valence-corrected chi connectivity index (χ4v) is 4.29. The van der Waals surface area contributed by atoms with Crippen molar-refractivity contribution in [2.45, 2.75) is 37.8 Å². The molecule has 0 spiro atoms. The lowest BCUT2D eigenvalue weighted by molar-refractivity contribution is -0.141. The highest BCUT2D eigenvalue weighted by Crippen LogP contribution is 2.43. The number of benzene rings is 2. The summed E-state index contributed by atoms with van der Waals surface area (Å²) in [5.74, 6) is -1.34. The SMILES string of the molecule is COc1ccc(/C(O)=C2\C(=O)C(=O)N(C3CCCC3)C2c2ccc(F)cc2)cc1. The van der Waals surface area contributed by atoms with Crippen LogP contribution in [0.2, 0.25) is 0 Å². The number of nitrogens with zero attached hydrogens (tertiary/aromatic N) is 1. The normalized spacial score (nSPS) is 21.7. The zero-order valence-corrected chi connectivity index (χ0v) is 16.1. The predicted octanol–water partition coefficient (Wildman–Crippen LogP) is 4.20. The summed E-state index contributed by atoms with van der Waals surface area (Å²) < 4.78 is 18.6. The molecule has 1 saturated carbocycles. The smallest absolute Gasteiger partial charge is 0.295 e. The van der Waals surface area contributed by atoms with E-state index in [1.807, 2.05) is 0 Å². The quantitative estimate of drug-likeness (QED) is 0.479. The molecule has 1 amide bonds. The Bertz CT molecular complexity index is 959. The molecule has 2 fully saturated rings. The number of carbonyl (C=O) groups excluding carboxylic acids is 2. The number of carbonyl (C=O) groups is 2. The Labute approximate surface area is 168 Å². The monoisotopic (exact) mass is 395 g/mol. The summed E-state index contributed by atoms with van der Waals surface area (Å²) in [6, 6.07) is 11.6. The Morgan fingerprint density at radius 3 is 2.24 bits per heavy atom. The maximum Gasteiger partial charge on any atom is 0.295 e. The van der Waals surface area contributed by atoms with Gasteiger partial charge >= 0.3 is 0 Å². The van der Waals surface area contributed by atoms with Gasteiger partial charge in [-0.15, -0.1) is 0 Å². The summed E-state index contributed by atoms with van der Waals surface area (Å²) in [6.07, 6.45) is 3.60. The van der Waals surface area contributed by atoms with Gasteiger partial charge in [-0.25, -0.2) is 4.39 Å². The van der Waals surface area contributed by atoms with Crippen molar-refractivity contribution in [3.05, 3.63) is 71.0 Å². The maximum absolute atomic E-state index is 13.5. The van der Waals surface area contributed by atoms with Crippen molar-refractivity contribution in [3.8, 4) is 5.75 Å². The summed E-state index contributed by atoms with van der Waals surface area (Å²) >= 11 is 0. The molecule has 0 bridgehead atoms. The number of aliphatic hydroxyl groups excluding tert-OH is 1. The molecule has 0 aromatic heterocycles. The van der Waals surface area contributed by atoms with Gasteiger partial charge in [0, 0.05) is 11.6 Å². The molecular formula is C23H22FNO4. The second-order valence-corrected chi connectivity index (χ2v) is 7.42. The van der Waals surface area contributed by atoms with Gasteiger partial charge in [-0.2, -0.15) is 0 Å². The van der Waals surface area contributed by atoms with Gasteiger partial charge in [0.2, 0.25) is 0 Å². The number of ketones is 1. The summed E-state index contributed by atoms with van der Waals surface area (Å²) in [7, 11) is 1.54. The number of aliphatic hydroxyl groups is 1. The molecule has 6 heteroatoms. The van der Waals surface area contributed by atoms with Gasteiger partial charge in [0.1, 0.15) is 17.3 Å². The molecule has 4 rings (SSSR count). The summed E-state index contributed by atoms with van der Waals surface area (Å²) in [4.78, 5) is 27.5. The first-order valence-corrected chi connectivity index (χ1v) is 9.71. The third-order valence-corrected chi connectivity index (χ3v) is 5.75. The standard InChI is InChI=1S/C23H22FNO4/c1-29-18-12-8-15(9-13-18)21(26)19-20(14-6-10-16(24)11-7-14)25(23(28)22(19)27)17-4-2-3-5-17/h6-13,17,20,26H,2-5H2,1H3/b21-19+. The van der Waals surface area contributed by atoms with Gasteiger partial charge in [-0.1, -0.05) is 25.0 Å². The Kier molecular flexibility index (Phi) is 5.09. The van der Waals surface area contributed by atoms with Gasteiger partial charge in [0.25, 0.3) is 11.7 Å². The van der Waals surface area contributed by atoms with E-state index in [-0.39, 0.29) is 17.4 Å². The fourth-order valence-electron chi connectivity index (χ4n) is 4.29. The first-order valence-electron chi connectivity index (χ1n) is 9.71. The largest absolute Gasteiger partial charge is 0.507 e. The van der Waals surface area contributed by atoms with E-state index in [2.05, 4.69) is 0 Å². The summed E-state index contributed by atoms with van der Waals surface area (Å²) in [5.41, 5.74) is 1.06. The van der Waals surface area contributed by atoms with Gasteiger partial charge in [0.15, 0.2) is 0 Å². The molecule has 1 aliphatic heterocycles. The molecule has 1 heterocycles. The molecule has 150 valence electrons. The zero-order valence-electron chi connectivity index (χ0n) is 16.1. The van der Waals surface area contributed by atoms with Crippen molar-refractivity contribution in [1.29, 1.82) is 0 Å². The van der Waals surface area contributed by atoms with E-state index in [1.54, 1.807) is 41.3 Å². The van der Waals surface area contributed by atoms with E-state index in [9.17, 15) is 19.1 Å². The molecule has 1 atom stereocenters. The van der Waals surface area contributed by atoms with Crippen molar-refractivity contribution in [3.63, 3.8) is 0 Å². The van der Waals surface area contributed by atoms with Gasteiger partial charge in [-0.05, 0) is 54.8 Å². The molecule has 0 radical (unpaired) electrons. The van der Waals surface area contributed by atoms with Gasteiger partial charge in [-0.3, -0.25) is 9.59 Å². The Hall–Kier alpha value is -3.15. The highest BCUT2D eigenvalue weighted by Gasteiger charge is 2.49. The molecule has 1 saturated heterocycles. The van der Waals surface area contributed by atoms with Crippen LogP contribution >= 0.6 is 0 Å². The minimum absolute atomic E-state index is 0.0404. The fraction of sp³-hybridized carbons (Fsp3) is 0.304. The number of halogens is 1. The maximum atomic E-state index is 13.5. The number of methoxy groups -OCH3 is 1.